The van der Waals surface area contributed by atoms with Crippen molar-refractivity contribution < 1.29 is 14.3 Å². The normalized spacial score (nSPS) is 16.1. The molecular formula is C20H17Cl2NO3S2. The second kappa shape index (κ2) is 7.67. The van der Waals surface area contributed by atoms with Gasteiger partial charge in [0, 0.05) is 20.0 Å². The van der Waals surface area contributed by atoms with Crippen molar-refractivity contribution in [1.29, 1.82) is 0 Å². The van der Waals surface area contributed by atoms with E-state index < -0.39 is 5.97 Å². The first-order valence-electron chi connectivity index (χ1n) is 8.80. The van der Waals surface area contributed by atoms with Gasteiger partial charge in [-0.1, -0.05) is 36.2 Å². The number of hydrogen-bond acceptors (Lipinski definition) is 5. The third-order valence-corrected chi connectivity index (χ3v) is 7.99. The van der Waals surface area contributed by atoms with Gasteiger partial charge < -0.3 is 10.1 Å². The third kappa shape index (κ3) is 3.43. The van der Waals surface area contributed by atoms with Crippen LogP contribution >= 0.6 is 45.9 Å². The number of carbonyl (C=O) groups excluding carboxylic acids is 2. The Labute approximate surface area is 180 Å². The van der Waals surface area contributed by atoms with E-state index in [0.29, 0.717) is 31.4 Å². The number of fused-ring (bicyclic) bond motifs is 2. The Hall–Kier alpha value is -1.60. The molecule has 0 saturated carbocycles. The van der Waals surface area contributed by atoms with E-state index in [0.717, 1.165) is 39.8 Å². The Bertz CT molecular complexity index is 1100. The van der Waals surface area contributed by atoms with Crippen LogP contribution in [0.3, 0.4) is 0 Å². The number of ether oxygens (including phenoxy) is 1. The van der Waals surface area contributed by atoms with Crippen LogP contribution in [0.2, 0.25) is 10.0 Å². The number of anilines is 1. The zero-order valence-corrected chi connectivity index (χ0v) is 18.4. The molecule has 0 spiro atoms. The molecule has 146 valence electrons. The Morgan fingerprint density at radius 3 is 2.79 bits per heavy atom. The van der Waals surface area contributed by atoms with Crippen LogP contribution in [0.1, 0.15) is 43.8 Å². The fourth-order valence-electron chi connectivity index (χ4n) is 3.50. The first-order valence-corrected chi connectivity index (χ1v) is 11.2. The molecule has 4 rings (SSSR count). The minimum absolute atomic E-state index is 0.334. The van der Waals surface area contributed by atoms with Crippen molar-refractivity contribution in [2.24, 2.45) is 5.92 Å². The fraction of sp³-hybridized carbons (Fsp3) is 0.300. The van der Waals surface area contributed by atoms with Gasteiger partial charge in [0.25, 0.3) is 5.91 Å². The van der Waals surface area contributed by atoms with Crippen LogP contribution in [0.5, 0.6) is 0 Å². The molecule has 0 saturated heterocycles. The van der Waals surface area contributed by atoms with E-state index in [1.54, 1.807) is 18.2 Å². The van der Waals surface area contributed by atoms with Gasteiger partial charge >= 0.3 is 5.97 Å². The summed E-state index contributed by atoms with van der Waals surface area (Å²) < 4.78 is 5.82. The lowest BCUT2D eigenvalue weighted by atomic mass is 9.88. The van der Waals surface area contributed by atoms with Crippen LogP contribution in [0, 0.1) is 5.92 Å². The van der Waals surface area contributed by atoms with Gasteiger partial charge in [0.05, 0.1) is 17.7 Å². The third-order valence-electron chi connectivity index (χ3n) is 4.93. The number of hydrogen-bond donors (Lipinski definition) is 1. The maximum Gasteiger partial charge on any atom is 0.341 e. The van der Waals surface area contributed by atoms with Crippen LogP contribution in [-0.4, -0.2) is 19.0 Å². The summed E-state index contributed by atoms with van der Waals surface area (Å²) in [7, 11) is 1.36. The number of halogens is 2. The molecule has 8 heteroatoms. The Kier molecular flexibility index (Phi) is 5.40. The molecule has 4 nitrogen and oxygen atoms in total. The topological polar surface area (TPSA) is 55.4 Å². The van der Waals surface area contributed by atoms with Gasteiger partial charge in [-0.25, -0.2) is 4.79 Å². The van der Waals surface area contributed by atoms with Gasteiger partial charge in [0.1, 0.15) is 9.88 Å². The maximum atomic E-state index is 13.0. The molecule has 2 aromatic heterocycles. The Balaban J connectivity index is 1.72. The molecule has 1 N–H and O–H groups in total. The highest BCUT2D eigenvalue weighted by atomic mass is 35.5. The zero-order valence-electron chi connectivity index (χ0n) is 15.2. The zero-order chi connectivity index (χ0) is 20.0. The average Bonchev–Trinajstić information content (AvgIpc) is 3.17. The van der Waals surface area contributed by atoms with Crippen LogP contribution < -0.4 is 5.32 Å². The highest BCUT2D eigenvalue weighted by Crippen LogP contribution is 2.41. The second-order valence-electron chi connectivity index (χ2n) is 6.89. The summed E-state index contributed by atoms with van der Waals surface area (Å²) in [4.78, 5) is 26.9. The van der Waals surface area contributed by atoms with Gasteiger partial charge in [-0.05, 0) is 42.9 Å². The highest BCUT2D eigenvalue weighted by molar-refractivity contribution is 7.22. The summed E-state index contributed by atoms with van der Waals surface area (Å²) in [5.41, 5.74) is 1.47. The van der Waals surface area contributed by atoms with Crippen molar-refractivity contribution in [3.8, 4) is 0 Å². The molecule has 1 aromatic carbocycles. The smallest absolute Gasteiger partial charge is 0.341 e. The largest absolute Gasteiger partial charge is 0.465 e. The summed E-state index contributed by atoms with van der Waals surface area (Å²) in [6.45, 7) is 2.20. The number of benzene rings is 1. The highest BCUT2D eigenvalue weighted by Gasteiger charge is 2.29. The fourth-order valence-corrected chi connectivity index (χ4v) is 6.58. The van der Waals surface area contributed by atoms with Crippen LogP contribution in [-0.2, 0) is 17.6 Å². The van der Waals surface area contributed by atoms with E-state index in [9.17, 15) is 9.59 Å². The Morgan fingerprint density at radius 1 is 1.25 bits per heavy atom. The van der Waals surface area contributed by atoms with Crippen molar-refractivity contribution in [2.45, 2.75) is 26.2 Å². The molecule has 2 heterocycles. The number of methoxy groups -OCH3 is 1. The predicted octanol–water partition coefficient (Wildman–Crippen LogP) is 6.43. The van der Waals surface area contributed by atoms with Crippen molar-refractivity contribution in [1.82, 2.24) is 0 Å². The molecule has 0 unspecified atom stereocenters. The number of nitrogens with one attached hydrogen (secondary N) is 1. The summed E-state index contributed by atoms with van der Waals surface area (Å²) in [5.74, 6) is -0.197. The number of thiophene rings is 2. The maximum absolute atomic E-state index is 13.0. The van der Waals surface area contributed by atoms with Gasteiger partial charge in [-0.3, -0.25) is 4.79 Å². The molecular weight excluding hydrogens is 437 g/mol. The van der Waals surface area contributed by atoms with Gasteiger partial charge in [-0.2, -0.15) is 0 Å². The van der Waals surface area contributed by atoms with Crippen LogP contribution in [0.4, 0.5) is 5.00 Å². The van der Waals surface area contributed by atoms with Crippen molar-refractivity contribution in [3.05, 3.63) is 49.1 Å². The van der Waals surface area contributed by atoms with E-state index in [-0.39, 0.29) is 5.91 Å². The number of esters is 1. The minimum Gasteiger partial charge on any atom is -0.465 e. The molecule has 0 bridgehead atoms. The van der Waals surface area contributed by atoms with Crippen molar-refractivity contribution in [2.75, 3.05) is 12.4 Å². The average molecular weight is 454 g/mol. The molecule has 28 heavy (non-hydrogen) atoms. The molecule has 1 atom stereocenters. The predicted molar refractivity (Wildman–Crippen MR) is 117 cm³/mol. The van der Waals surface area contributed by atoms with E-state index >= 15 is 0 Å². The van der Waals surface area contributed by atoms with Gasteiger partial charge in [0.2, 0.25) is 0 Å². The molecule has 1 aliphatic carbocycles. The minimum atomic E-state index is -0.420. The van der Waals surface area contributed by atoms with E-state index in [1.165, 1.54) is 29.8 Å². The van der Waals surface area contributed by atoms with Crippen LogP contribution in [0.15, 0.2) is 18.2 Å². The first-order chi connectivity index (χ1) is 13.4. The molecule has 0 fully saturated rings. The summed E-state index contributed by atoms with van der Waals surface area (Å²) in [5, 5.41) is 5.20. The summed E-state index contributed by atoms with van der Waals surface area (Å²) >= 11 is 15.2. The SMILES string of the molecule is COC(=O)c1c(NC(=O)c2sc3cc(Cl)ccc3c2Cl)sc2c1CC[C@@H](C)C2. The summed E-state index contributed by atoms with van der Waals surface area (Å²) in [6, 6.07) is 5.34. The van der Waals surface area contributed by atoms with Crippen molar-refractivity contribution in [3.63, 3.8) is 0 Å². The van der Waals surface area contributed by atoms with Gasteiger partial charge in [-0.15, -0.1) is 22.7 Å². The molecule has 3 aromatic rings. The lowest BCUT2D eigenvalue weighted by Crippen LogP contribution is -2.15. The molecule has 1 amide bonds. The number of rotatable bonds is 3. The first kappa shape index (κ1) is 19.7. The standard InChI is InChI=1S/C20H17Cl2NO3S2/c1-9-3-5-11-13(7-9)28-19(15(11)20(25)26-2)23-18(24)17-16(22)12-6-4-10(21)8-14(12)27-17/h4,6,8-9H,3,5,7H2,1-2H3,(H,23,24)/t9-/m1/s1. The van der Waals surface area contributed by atoms with Gasteiger partial charge in [0.15, 0.2) is 0 Å². The number of carbonyl (C=O) groups is 2. The van der Waals surface area contributed by atoms with E-state index in [4.69, 9.17) is 27.9 Å². The molecule has 0 aliphatic heterocycles. The van der Waals surface area contributed by atoms with E-state index in [2.05, 4.69) is 12.2 Å². The molecule has 1 aliphatic rings. The second-order valence-corrected chi connectivity index (χ2v) is 9.86. The lowest BCUT2D eigenvalue weighted by Gasteiger charge is -2.18. The van der Waals surface area contributed by atoms with Crippen LogP contribution in [0.25, 0.3) is 10.1 Å². The van der Waals surface area contributed by atoms with Crippen molar-refractivity contribution >= 4 is 72.8 Å². The monoisotopic (exact) mass is 453 g/mol. The molecule has 0 radical (unpaired) electrons. The quantitative estimate of drug-likeness (QED) is 0.464. The Morgan fingerprint density at radius 2 is 2.04 bits per heavy atom. The summed E-state index contributed by atoms with van der Waals surface area (Å²) in [6.07, 6.45) is 2.74. The lowest BCUT2D eigenvalue weighted by molar-refractivity contribution is 0.0601. The van der Waals surface area contributed by atoms with E-state index in [1.807, 2.05) is 0 Å². The number of amides is 1.